The number of morpholine rings is 1. The Morgan fingerprint density at radius 3 is 2.68 bits per heavy atom. The molecule has 4 aliphatic heterocycles. The molecule has 4 heterocycles. The van der Waals surface area contributed by atoms with Crippen molar-refractivity contribution in [1.82, 2.24) is 5.32 Å². The predicted octanol–water partition coefficient (Wildman–Crippen LogP) is -0.665. The second-order valence-electron chi connectivity index (χ2n) is 5.50. The Labute approximate surface area is 110 Å². The predicted molar refractivity (Wildman–Crippen MR) is 61.0 cm³/mol. The number of fused-ring (bicyclic) bond motifs is 2. The van der Waals surface area contributed by atoms with E-state index in [0.29, 0.717) is 0 Å². The van der Waals surface area contributed by atoms with E-state index in [1.54, 1.807) is 13.8 Å². The summed E-state index contributed by atoms with van der Waals surface area (Å²) in [6.45, 7) is 3.59. The van der Waals surface area contributed by atoms with E-state index in [-0.39, 0.29) is 36.6 Å². The third-order valence-corrected chi connectivity index (χ3v) is 3.73. The van der Waals surface area contributed by atoms with Crippen molar-refractivity contribution in [3.05, 3.63) is 0 Å². The first-order chi connectivity index (χ1) is 8.91. The standard InChI is InChI=1S/C12H17NO6/c1-12(2)18-9-7-11(15)17-8(10(9)19-12)5(13-7)4-6(14)16-3/h5,7-10,13H,4H2,1-3H3. The van der Waals surface area contributed by atoms with Gasteiger partial charge < -0.3 is 18.9 Å². The number of rotatable bonds is 2. The van der Waals surface area contributed by atoms with Crippen LogP contribution in [-0.2, 0) is 28.5 Å². The summed E-state index contributed by atoms with van der Waals surface area (Å²) in [6, 6.07) is -0.889. The number of hydrogen-bond donors (Lipinski definition) is 1. The van der Waals surface area contributed by atoms with Gasteiger partial charge in [-0.1, -0.05) is 0 Å². The Morgan fingerprint density at radius 1 is 1.32 bits per heavy atom. The van der Waals surface area contributed by atoms with Gasteiger partial charge >= 0.3 is 11.9 Å². The molecule has 4 saturated heterocycles. The average Bonchev–Trinajstić information content (AvgIpc) is 2.67. The van der Waals surface area contributed by atoms with E-state index < -0.39 is 17.9 Å². The first-order valence-corrected chi connectivity index (χ1v) is 6.30. The highest BCUT2D eigenvalue weighted by Gasteiger charge is 2.61. The van der Waals surface area contributed by atoms with Gasteiger partial charge in [-0.15, -0.1) is 0 Å². The van der Waals surface area contributed by atoms with Crippen molar-refractivity contribution < 1.29 is 28.5 Å². The molecule has 1 N–H and O–H groups in total. The molecule has 0 saturated carbocycles. The van der Waals surface area contributed by atoms with Crippen molar-refractivity contribution in [1.29, 1.82) is 0 Å². The fraction of sp³-hybridized carbons (Fsp3) is 0.833. The van der Waals surface area contributed by atoms with Gasteiger partial charge in [-0.3, -0.25) is 14.9 Å². The molecular weight excluding hydrogens is 254 g/mol. The van der Waals surface area contributed by atoms with Crippen LogP contribution in [0.1, 0.15) is 20.3 Å². The highest BCUT2D eigenvalue weighted by atomic mass is 16.8. The quantitative estimate of drug-likeness (QED) is 0.667. The van der Waals surface area contributed by atoms with Crippen LogP contribution in [0.5, 0.6) is 0 Å². The number of carbonyl (C=O) groups excluding carboxylic acids is 2. The molecule has 0 spiro atoms. The summed E-state index contributed by atoms with van der Waals surface area (Å²) in [6.07, 6.45) is -1.09. The fourth-order valence-corrected chi connectivity index (χ4v) is 2.98. The van der Waals surface area contributed by atoms with E-state index in [1.165, 1.54) is 7.11 Å². The minimum absolute atomic E-state index is 0.137. The van der Waals surface area contributed by atoms with Crippen LogP contribution < -0.4 is 5.32 Å². The number of carbonyl (C=O) groups is 2. The molecule has 0 amide bonds. The number of piperidine rings is 1. The summed E-state index contributed by atoms with van der Waals surface area (Å²) in [7, 11) is 1.33. The molecule has 0 aromatic rings. The Hall–Kier alpha value is -1.18. The molecule has 5 atom stereocenters. The van der Waals surface area contributed by atoms with Gasteiger partial charge in [0.2, 0.25) is 0 Å². The first-order valence-electron chi connectivity index (χ1n) is 6.30. The van der Waals surface area contributed by atoms with E-state index in [2.05, 4.69) is 10.1 Å². The maximum Gasteiger partial charge on any atom is 0.326 e. The number of methoxy groups -OCH3 is 1. The van der Waals surface area contributed by atoms with Crippen LogP contribution >= 0.6 is 0 Å². The second-order valence-corrected chi connectivity index (χ2v) is 5.50. The summed E-state index contributed by atoms with van der Waals surface area (Å²) in [5.41, 5.74) is 0. The van der Waals surface area contributed by atoms with Crippen LogP contribution in [0, 0.1) is 0 Å². The average molecular weight is 271 g/mol. The highest BCUT2D eigenvalue weighted by Crippen LogP contribution is 2.40. The van der Waals surface area contributed by atoms with Crippen molar-refractivity contribution in [2.75, 3.05) is 7.11 Å². The van der Waals surface area contributed by atoms with Gasteiger partial charge in [0.1, 0.15) is 24.4 Å². The molecule has 4 rings (SSSR count). The Kier molecular flexibility index (Phi) is 2.81. The molecule has 7 nitrogen and oxygen atoms in total. The molecule has 0 aromatic heterocycles. The molecule has 7 heteroatoms. The monoisotopic (exact) mass is 271 g/mol. The Bertz CT molecular complexity index is 422. The van der Waals surface area contributed by atoms with Crippen LogP contribution in [0.15, 0.2) is 0 Å². The molecule has 19 heavy (non-hydrogen) atoms. The lowest BCUT2D eigenvalue weighted by Crippen LogP contribution is -2.72. The summed E-state index contributed by atoms with van der Waals surface area (Å²) in [5.74, 6) is -1.45. The van der Waals surface area contributed by atoms with Gasteiger partial charge in [0, 0.05) is 0 Å². The maximum atomic E-state index is 11.8. The van der Waals surface area contributed by atoms with Gasteiger partial charge in [0.05, 0.1) is 19.6 Å². The lowest BCUT2D eigenvalue weighted by Gasteiger charge is -2.46. The smallest absolute Gasteiger partial charge is 0.326 e. The molecule has 0 radical (unpaired) electrons. The first kappa shape index (κ1) is 12.8. The van der Waals surface area contributed by atoms with Crippen molar-refractivity contribution >= 4 is 11.9 Å². The third-order valence-electron chi connectivity index (χ3n) is 3.73. The van der Waals surface area contributed by atoms with Gasteiger partial charge in [-0.25, -0.2) is 0 Å². The number of ether oxygens (including phenoxy) is 4. The molecule has 4 fully saturated rings. The van der Waals surface area contributed by atoms with Crippen molar-refractivity contribution in [3.63, 3.8) is 0 Å². The van der Waals surface area contributed by atoms with E-state index >= 15 is 0 Å². The minimum atomic E-state index is -0.748. The van der Waals surface area contributed by atoms with E-state index in [1.807, 2.05) is 0 Å². The van der Waals surface area contributed by atoms with Crippen LogP contribution in [0.2, 0.25) is 0 Å². The number of nitrogens with one attached hydrogen (secondary N) is 1. The van der Waals surface area contributed by atoms with Crippen LogP contribution in [0.4, 0.5) is 0 Å². The molecule has 4 aliphatic rings. The van der Waals surface area contributed by atoms with E-state index in [9.17, 15) is 9.59 Å². The lowest BCUT2D eigenvalue weighted by atomic mass is 9.86. The lowest BCUT2D eigenvalue weighted by molar-refractivity contribution is -0.191. The molecule has 0 aliphatic carbocycles. The minimum Gasteiger partial charge on any atom is -0.469 e. The third kappa shape index (κ3) is 2.01. The summed E-state index contributed by atoms with van der Waals surface area (Å²) >= 11 is 0. The number of hydrogen-bond acceptors (Lipinski definition) is 7. The number of esters is 2. The second kappa shape index (κ2) is 4.16. The van der Waals surface area contributed by atoms with E-state index in [4.69, 9.17) is 14.2 Å². The fourth-order valence-electron chi connectivity index (χ4n) is 2.98. The summed E-state index contributed by atoms with van der Waals surface area (Å²) in [4.78, 5) is 23.2. The van der Waals surface area contributed by atoms with Crippen LogP contribution in [0.3, 0.4) is 0 Å². The zero-order chi connectivity index (χ0) is 13.8. The Morgan fingerprint density at radius 2 is 2.00 bits per heavy atom. The van der Waals surface area contributed by atoms with Crippen molar-refractivity contribution in [3.8, 4) is 0 Å². The van der Waals surface area contributed by atoms with Gasteiger partial charge in [0.25, 0.3) is 0 Å². The topological polar surface area (TPSA) is 83.1 Å². The molecule has 2 bridgehead atoms. The Balaban J connectivity index is 1.81. The van der Waals surface area contributed by atoms with Crippen LogP contribution in [-0.4, -0.2) is 55.2 Å². The zero-order valence-corrected chi connectivity index (χ0v) is 11.0. The summed E-state index contributed by atoms with van der Waals surface area (Å²) < 4.78 is 21.5. The van der Waals surface area contributed by atoms with Crippen molar-refractivity contribution in [2.45, 2.75) is 56.5 Å². The SMILES string of the molecule is COC(=O)CC1NC2C(=O)OC1C1OC(C)(C)OC21. The summed E-state index contributed by atoms with van der Waals surface area (Å²) in [5, 5.41) is 3.10. The molecule has 0 aromatic carbocycles. The van der Waals surface area contributed by atoms with Gasteiger partial charge in [-0.2, -0.15) is 0 Å². The maximum absolute atomic E-state index is 11.8. The molecule has 5 unspecified atom stereocenters. The van der Waals surface area contributed by atoms with Crippen LogP contribution in [0.25, 0.3) is 0 Å². The molecule has 106 valence electrons. The highest BCUT2D eigenvalue weighted by molar-refractivity contribution is 5.80. The zero-order valence-electron chi connectivity index (χ0n) is 11.0. The van der Waals surface area contributed by atoms with Gasteiger partial charge in [-0.05, 0) is 13.8 Å². The largest absolute Gasteiger partial charge is 0.469 e. The molecular formula is C12H17NO6. The van der Waals surface area contributed by atoms with Crippen molar-refractivity contribution in [2.24, 2.45) is 0 Å². The van der Waals surface area contributed by atoms with E-state index in [0.717, 1.165) is 0 Å². The van der Waals surface area contributed by atoms with Gasteiger partial charge in [0.15, 0.2) is 5.79 Å². The normalized spacial score (nSPS) is 42.7.